The molecule has 0 aromatic heterocycles. The van der Waals surface area contributed by atoms with E-state index in [2.05, 4.69) is 10.1 Å². The van der Waals surface area contributed by atoms with Gasteiger partial charge in [0.1, 0.15) is 18.0 Å². The Bertz CT molecular complexity index is 339. The fraction of sp³-hybridized carbons (Fsp3) is 0.818. The Balaban J connectivity index is 2.14. The van der Waals surface area contributed by atoms with Crippen molar-refractivity contribution >= 4 is 23.4 Å². The molecule has 2 fully saturated rings. The number of nitrogens with one attached hydrogen (secondary N) is 1. The van der Waals surface area contributed by atoms with Crippen LogP contribution in [-0.4, -0.2) is 42.5 Å². The van der Waals surface area contributed by atoms with Gasteiger partial charge in [0.25, 0.3) is 0 Å². The normalized spacial score (nSPS) is 41.8. The maximum Gasteiger partial charge on any atom is 0.323 e. The predicted molar refractivity (Wildman–Crippen MR) is 59.6 cm³/mol. The van der Waals surface area contributed by atoms with Crippen molar-refractivity contribution in [3.05, 3.63) is 0 Å². The van der Waals surface area contributed by atoms with Crippen molar-refractivity contribution in [2.75, 3.05) is 7.11 Å². The second-order valence-corrected chi connectivity index (χ2v) is 5.14. The van der Waals surface area contributed by atoms with Gasteiger partial charge in [0.2, 0.25) is 0 Å². The minimum absolute atomic E-state index is 0.0737. The third-order valence-corrected chi connectivity index (χ3v) is 4.03. The van der Waals surface area contributed by atoms with E-state index in [1.807, 2.05) is 0 Å². The largest absolute Gasteiger partial charge is 0.468 e. The van der Waals surface area contributed by atoms with E-state index in [-0.39, 0.29) is 18.1 Å². The number of hydrogen-bond donors (Lipinski definition) is 1. The molecular formula is C11H15ClFNO3. The van der Waals surface area contributed by atoms with Crippen molar-refractivity contribution in [2.45, 2.75) is 42.9 Å². The first-order chi connectivity index (χ1) is 8.04. The number of fused-ring (bicyclic) bond motifs is 1. The van der Waals surface area contributed by atoms with Crippen LogP contribution in [0.25, 0.3) is 0 Å². The Morgan fingerprint density at radius 1 is 1.53 bits per heavy atom. The summed E-state index contributed by atoms with van der Waals surface area (Å²) >= 11 is 5.85. The molecule has 5 unspecified atom stereocenters. The number of piperidine rings is 1. The Morgan fingerprint density at radius 2 is 2.24 bits per heavy atom. The summed E-state index contributed by atoms with van der Waals surface area (Å²) in [5.74, 6) is -0.961. The number of methoxy groups -OCH3 is 1. The van der Waals surface area contributed by atoms with Crippen LogP contribution in [0.3, 0.4) is 0 Å². The van der Waals surface area contributed by atoms with Crippen molar-refractivity contribution in [1.82, 2.24) is 5.32 Å². The molecule has 1 aliphatic heterocycles. The zero-order valence-corrected chi connectivity index (χ0v) is 10.2. The Hall–Kier alpha value is -0.680. The van der Waals surface area contributed by atoms with E-state index in [1.165, 1.54) is 7.11 Å². The Labute approximate surface area is 104 Å². The van der Waals surface area contributed by atoms with Gasteiger partial charge < -0.3 is 4.74 Å². The van der Waals surface area contributed by atoms with E-state index < -0.39 is 29.6 Å². The lowest BCUT2D eigenvalue weighted by molar-refractivity contribution is -0.148. The molecule has 4 nitrogen and oxygen atoms in total. The highest BCUT2D eigenvalue weighted by molar-refractivity contribution is 6.21. The van der Waals surface area contributed by atoms with E-state index >= 15 is 0 Å². The van der Waals surface area contributed by atoms with Gasteiger partial charge in [0.15, 0.2) is 0 Å². The number of carbonyl (C=O) groups excluding carboxylic acids is 2. The van der Waals surface area contributed by atoms with Gasteiger partial charge in [-0.15, -0.1) is 11.6 Å². The van der Waals surface area contributed by atoms with E-state index in [4.69, 9.17) is 11.6 Å². The number of halogens is 2. The minimum atomic E-state index is -1.30. The second-order valence-electron chi connectivity index (χ2n) is 4.58. The first-order valence-corrected chi connectivity index (χ1v) is 6.13. The molecule has 2 rings (SSSR count). The summed E-state index contributed by atoms with van der Waals surface area (Å²) in [6, 6.07) is -1.40. The van der Waals surface area contributed by atoms with Gasteiger partial charge >= 0.3 is 5.97 Å². The lowest BCUT2D eigenvalue weighted by atomic mass is 9.75. The summed E-state index contributed by atoms with van der Waals surface area (Å²) in [7, 11) is 1.25. The van der Waals surface area contributed by atoms with Gasteiger partial charge in [-0.25, -0.2) is 4.39 Å². The standard InChI is InChI=1S/C11H15ClFNO3/c1-17-11(16)7-4-8(15)5-2-3-6(12)9(13)10(5)14-7/h5-7,9-10,14H,2-4H2,1H3. The highest BCUT2D eigenvalue weighted by atomic mass is 35.5. The van der Waals surface area contributed by atoms with Crippen molar-refractivity contribution < 1.29 is 18.7 Å². The number of carbonyl (C=O) groups is 2. The fourth-order valence-corrected chi connectivity index (χ4v) is 2.91. The molecule has 2 aliphatic rings. The molecule has 0 aromatic rings. The van der Waals surface area contributed by atoms with Crippen molar-refractivity contribution in [3.63, 3.8) is 0 Å². The third-order valence-electron chi connectivity index (χ3n) is 3.57. The topological polar surface area (TPSA) is 55.4 Å². The smallest absolute Gasteiger partial charge is 0.323 e. The SMILES string of the molecule is COC(=O)C1CC(=O)C2CCC(Cl)C(F)C2N1. The molecule has 1 saturated carbocycles. The van der Waals surface area contributed by atoms with Gasteiger partial charge in [-0.3, -0.25) is 14.9 Å². The predicted octanol–water partition coefficient (Wildman–Crippen LogP) is 0.814. The van der Waals surface area contributed by atoms with Gasteiger partial charge in [0, 0.05) is 12.3 Å². The third kappa shape index (κ3) is 2.31. The summed E-state index contributed by atoms with van der Waals surface area (Å²) in [4.78, 5) is 23.2. The Morgan fingerprint density at radius 3 is 2.88 bits per heavy atom. The van der Waals surface area contributed by atoms with Crippen LogP contribution in [0.15, 0.2) is 0 Å². The number of Topliss-reactive ketones (excluding diaryl/α,β-unsaturated/α-hetero) is 1. The lowest BCUT2D eigenvalue weighted by Crippen LogP contribution is -2.62. The first-order valence-electron chi connectivity index (χ1n) is 5.69. The highest BCUT2D eigenvalue weighted by Gasteiger charge is 2.47. The van der Waals surface area contributed by atoms with Crippen molar-refractivity contribution in [3.8, 4) is 0 Å². The van der Waals surface area contributed by atoms with Crippen LogP contribution in [0.4, 0.5) is 4.39 Å². The summed E-state index contributed by atoms with van der Waals surface area (Å²) in [6.45, 7) is 0. The lowest BCUT2D eigenvalue weighted by Gasteiger charge is -2.41. The van der Waals surface area contributed by atoms with Crippen molar-refractivity contribution in [1.29, 1.82) is 0 Å². The van der Waals surface area contributed by atoms with Gasteiger partial charge in [-0.2, -0.15) is 0 Å². The highest BCUT2D eigenvalue weighted by Crippen LogP contribution is 2.34. The molecule has 96 valence electrons. The van der Waals surface area contributed by atoms with Crippen LogP contribution in [-0.2, 0) is 14.3 Å². The summed E-state index contributed by atoms with van der Waals surface area (Å²) in [5, 5.41) is 2.27. The average molecular weight is 264 g/mol. The van der Waals surface area contributed by atoms with Gasteiger partial charge in [-0.1, -0.05) is 0 Å². The van der Waals surface area contributed by atoms with E-state index in [0.717, 1.165) is 0 Å². The van der Waals surface area contributed by atoms with Gasteiger partial charge in [0.05, 0.1) is 18.5 Å². The van der Waals surface area contributed by atoms with E-state index in [1.54, 1.807) is 0 Å². The van der Waals surface area contributed by atoms with Crippen LogP contribution in [0.5, 0.6) is 0 Å². The zero-order valence-electron chi connectivity index (χ0n) is 9.49. The molecule has 0 radical (unpaired) electrons. The molecule has 1 saturated heterocycles. The molecule has 1 aliphatic carbocycles. The second kappa shape index (κ2) is 4.90. The molecule has 17 heavy (non-hydrogen) atoms. The maximum absolute atomic E-state index is 13.9. The van der Waals surface area contributed by atoms with Gasteiger partial charge in [-0.05, 0) is 12.8 Å². The molecule has 5 atom stereocenters. The molecule has 1 N–H and O–H groups in total. The molecular weight excluding hydrogens is 249 g/mol. The quantitative estimate of drug-likeness (QED) is 0.562. The molecule has 0 spiro atoms. The zero-order chi connectivity index (χ0) is 12.6. The number of hydrogen-bond acceptors (Lipinski definition) is 4. The molecule has 1 heterocycles. The van der Waals surface area contributed by atoms with Crippen LogP contribution >= 0.6 is 11.6 Å². The van der Waals surface area contributed by atoms with Crippen LogP contribution < -0.4 is 5.32 Å². The molecule has 0 aromatic carbocycles. The van der Waals surface area contributed by atoms with Crippen LogP contribution in [0.2, 0.25) is 0 Å². The first kappa shape index (κ1) is 12.8. The molecule has 6 heteroatoms. The van der Waals surface area contributed by atoms with Crippen LogP contribution in [0, 0.1) is 5.92 Å². The number of ketones is 1. The summed E-state index contributed by atoms with van der Waals surface area (Å²) < 4.78 is 18.5. The van der Waals surface area contributed by atoms with Crippen molar-refractivity contribution in [2.24, 2.45) is 5.92 Å². The maximum atomic E-state index is 13.9. The minimum Gasteiger partial charge on any atom is -0.468 e. The number of alkyl halides is 2. The number of ether oxygens (including phenoxy) is 1. The summed E-state index contributed by atoms with van der Waals surface area (Å²) in [5.41, 5.74) is 0. The fourth-order valence-electron chi connectivity index (χ4n) is 2.63. The Kier molecular flexibility index (Phi) is 3.68. The van der Waals surface area contributed by atoms with E-state index in [0.29, 0.717) is 12.8 Å². The average Bonchev–Trinajstić information content (AvgIpc) is 2.33. The summed E-state index contributed by atoms with van der Waals surface area (Å²) in [6.07, 6.45) is -0.140. The van der Waals surface area contributed by atoms with Crippen LogP contribution in [0.1, 0.15) is 19.3 Å². The number of rotatable bonds is 1. The molecule has 0 bridgehead atoms. The van der Waals surface area contributed by atoms with E-state index in [9.17, 15) is 14.0 Å². The monoisotopic (exact) mass is 263 g/mol. The molecule has 0 amide bonds. The number of esters is 1.